The fourth-order valence-corrected chi connectivity index (χ4v) is 7.50. The molecular formula is C42H55N7O12S2. The van der Waals surface area contributed by atoms with Gasteiger partial charge in [0.15, 0.2) is 17.7 Å². The molecule has 0 aromatic rings. The van der Waals surface area contributed by atoms with E-state index in [0.29, 0.717) is 72.8 Å². The number of hydrogen-bond acceptors (Lipinski definition) is 16. The molecule has 2 atom stereocenters. The second-order valence-corrected chi connectivity index (χ2v) is 17.3. The van der Waals surface area contributed by atoms with Crippen molar-refractivity contribution < 1.29 is 56.6 Å². The number of aldehydes is 2. The maximum absolute atomic E-state index is 13.6. The molecule has 0 spiro atoms. The second-order valence-electron chi connectivity index (χ2n) is 15.6. The van der Waals surface area contributed by atoms with Gasteiger partial charge in [-0.25, -0.2) is 24.1 Å². The first-order chi connectivity index (χ1) is 29.9. The van der Waals surface area contributed by atoms with Crippen LogP contribution >= 0.6 is 12.0 Å². The number of amides is 3. The van der Waals surface area contributed by atoms with Gasteiger partial charge in [0, 0.05) is 87.3 Å². The Hall–Kier alpha value is -5.32. The SMILES string of the molecule is CN(OC(=O)CON(C)C(=O)C1=CN(CCCSO)C2=N/C(=C/C=C/C=C/C3=NC4C(=CC(C(=O)N(C)OCC=O)=CN4CCCS(=O)O)C3(C)C)C(C)(C)C2=C1)C(=O)CCC=O. The van der Waals surface area contributed by atoms with Gasteiger partial charge in [0.1, 0.15) is 31.2 Å². The molecule has 0 aliphatic carbocycles. The van der Waals surface area contributed by atoms with Gasteiger partial charge in [-0.1, -0.05) is 45.9 Å². The van der Waals surface area contributed by atoms with E-state index < -0.39 is 58.4 Å². The van der Waals surface area contributed by atoms with Gasteiger partial charge in [-0.3, -0.25) is 29.1 Å². The van der Waals surface area contributed by atoms with Crippen molar-refractivity contribution in [2.75, 3.05) is 59.0 Å². The smallest absolute Gasteiger partial charge is 0.352 e. The summed E-state index contributed by atoms with van der Waals surface area (Å²) in [7, 11) is 4.00. The van der Waals surface area contributed by atoms with E-state index in [1.807, 2.05) is 67.9 Å². The summed E-state index contributed by atoms with van der Waals surface area (Å²) in [4.78, 5) is 102. The Balaban J connectivity index is 1.51. The fourth-order valence-electron chi connectivity index (χ4n) is 6.87. The fraction of sp³-hybridized carbons (Fsp3) is 0.476. The Morgan fingerprint density at radius 2 is 1.60 bits per heavy atom. The van der Waals surface area contributed by atoms with Crippen LogP contribution in [0.15, 0.2) is 92.9 Å². The largest absolute Gasteiger partial charge is 0.360 e. The summed E-state index contributed by atoms with van der Waals surface area (Å²) in [6.45, 7) is 7.81. The van der Waals surface area contributed by atoms with Crippen LogP contribution in [0.25, 0.3) is 0 Å². The number of aliphatic imine (C=N–C) groups is 2. The summed E-state index contributed by atoms with van der Waals surface area (Å²) in [5, 5.41) is 2.61. The van der Waals surface area contributed by atoms with E-state index in [1.54, 1.807) is 24.6 Å². The molecule has 63 heavy (non-hydrogen) atoms. The van der Waals surface area contributed by atoms with E-state index in [0.717, 1.165) is 32.7 Å². The number of rotatable bonds is 22. The van der Waals surface area contributed by atoms with Gasteiger partial charge in [0.25, 0.3) is 17.7 Å². The Morgan fingerprint density at radius 3 is 2.27 bits per heavy atom. The Labute approximate surface area is 373 Å². The van der Waals surface area contributed by atoms with Crippen molar-refractivity contribution in [1.29, 1.82) is 0 Å². The number of fused-ring (bicyclic) bond motifs is 2. The normalized spacial score (nSPS) is 19.6. The number of carbonyl (C=O) groups excluding carboxylic acids is 6. The third-order valence-electron chi connectivity index (χ3n) is 10.4. The number of amidine groups is 1. The second kappa shape index (κ2) is 22.9. The molecule has 4 aliphatic heterocycles. The van der Waals surface area contributed by atoms with E-state index in [1.165, 1.54) is 21.1 Å². The molecule has 0 bridgehead atoms. The van der Waals surface area contributed by atoms with Crippen LogP contribution < -0.4 is 0 Å². The van der Waals surface area contributed by atoms with Gasteiger partial charge in [0.05, 0.1) is 22.6 Å². The molecule has 0 fully saturated rings. The quantitative estimate of drug-likeness (QED) is 0.0395. The van der Waals surface area contributed by atoms with Gasteiger partial charge in [-0.15, -0.1) is 0 Å². The van der Waals surface area contributed by atoms with Crippen LogP contribution in [0.1, 0.15) is 53.4 Å². The molecule has 0 saturated carbocycles. The van der Waals surface area contributed by atoms with Crippen molar-refractivity contribution in [3.8, 4) is 0 Å². The van der Waals surface area contributed by atoms with Crippen molar-refractivity contribution in [1.82, 2.24) is 25.0 Å². The zero-order chi connectivity index (χ0) is 46.5. The molecule has 4 aliphatic rings. The van der Waals surface area contributed by atoms with E-state index in [-0.39, 0.29) is 30.8 Å². The van der Waals surface area contributed by atoms with Gasteiger partial charge in [-0.2, -0.15) is 5.06 Å². The highest BCUT2D eigenvalue weighted by molar-refractivity contribution is 7.93. The zero-order valence-corrected chi connectivity index (χ0v) is 38.1. The number of hydroxylamine groups is 6. The summed E-state index contributed by atoms with van der Waals surface area (Å²) in [5.41, 5.74) is 2.40. The molecule has 0 saturated heterocycles. The van der Waals surface area contributed by atoms with Crippen LogP contribution in [0.3, 0.4) is 0 Å². The van der Waals surface area contributed by atoms with Crippen LogP contribution in [0.4, 0.5) is 0 Å². The van der Waals surface area contributed by atoms with Crippen LogP contribution in [-0.4, -0.2) is 151 Å². The van der Waals surface area contributed by atoms with Crippen molar-refractivity contribution in [3.05, 3.63) is 82.9 Å². The first-order valence-electron chi connectivity index (χ1n) is 20.0. The lowest BCUT2D eigenvalue weighted by Gasteiger charge is -2.34. The summed E-state index contributed by atoms with van der Waals surface area (Å²) in [6, 6.07) is 0. The molecule has 0 aromatic heterocycles. The standard InChI is InChI=1S/C42H55N7O12S2/c1-41(2)31-25-30(40(55)47(7)60-28-36(53)61-45(5)35(52)16-11-19-50)26-48(17-12-22-62-56)37(31)43-33(41)14-9-8-10-15-34-42(3,4)32-24-29(39(54)46(6)59-21-20-51)27-49(38(32)44-34)18-13-23-63(57)58/h8-10,14-15,19-20,24-27,38,56H,11-13,16-18,21-23,28H2,1-7H3,(H,57,58)/b9-8+,15-10+,33-14+. The van der Waals surface area contributed by atoms with Crippen LogP contribution in [0.5, 0.6) is 0 Å². The molecule has 2 unspecified atom stereocenters. The number of carbonyl (C=O) groups is 6. The molecule has 21 heteroatoms. The zero-order valence-electron chi connectivity index (χ0n) is 36.4. The molecule has 4 rings (SSSR count). The molecule has 342 valence electrons. The molecule has 4 heterocycles. The van der Waals surface area contributed by atoms with Gasteiger partial charge >= 0.3 is 5.97 Å². The predicted octanol–water partition coefficient (Wildman–Crippen LogP) is 3.56. The van der Waals surface area contributed by atoms with Gasteiger partial charge in [-0.05, 0) is 54.8 Å². The highest BCUT2D eigenvalue weighted by atomic mass is 32.2. The van der Waals surface area contributed by atoms with Crippen molar-refractivity contribution in [3.63, 3.8) is 0 Å². The first-order valence-corrected chi connectivity index (χ1v) is 22.2. The minimum Gasteiger partial charge on any atom is -0.352 e. The minimum absolute atomic E-state index is 0.0198. The molecular weight excluding hydrogens is 859 g/mol. The predicted molar refractivity (Wildman–Crippen MR) is 236 cm³/mol. The van der Waals surface area contributed by atoms with Crippen molar-refractivity contribution in [2.24, 2.45) is 20.8 Å². The lowest BCUT2D eigenvalue weighted by molar-refractivity contribution is -0.209. The monoisotopic (exact) mass is 913 g/mol. The maximum atomic E-state index is 13.6. The van der Waals surface area contributed by atoms with Crippen LogP contribution in [0.2, 0.25) is 0 Å². The van der Waals surface area contributed by atoms with Crippen LogP contribution in [-0.2, 0) is 54.4 Å². The highest BCUT2D eigenvalue weighted by Gasteiger charge is 2.44. The number of hydrogen-bond donors (Lipinski definition) is 2. The first kappa shape index (κ1) is 50.3. The lowest BCUT2D eigenvalue weighted by atomic mass is 9.78. The van der Waals surface area contributed by atoms with Crippen molar-refractivity contribution in [2.45, 2.75) is 59.5 Å². The van der Waals surface area contributed by atoms with Crippen molar-refractivity contribution >= 4 is 70.9 Å². The Bertz CT molecular complexity index is 2100. The third-order valence-corrected chi connectivity index (χ3v) is 11.5. The highest BCUT2D eigenvalue weighted by Crippen LogP contribution is 2.46. The Kier molecular flexibility index (Phi) is 18.3. The summed E-state index contributed by atoms with van der Waals surface area (Å²) >= 11 is -1.27. The lowest BCUT2D eigenvalue weighted by Crippen LogP contribution is -2.39. The number of likely N-dealkylation sites (N-methyl/N-ethyl adjacent to an activating group) is 2. The topological polar surface area (TPSA) is 229 Å². The van der Waals surface area contributed by atoms with E-state index in [2.05, 4.69) is 0 Å². The minimum atomic E-state index is -1.98. The molecule has 19 nitrogen and oxygen atoms in total. The van der Waals surface area contributed by atoms with Gasteiger partial charge < -0.3 is 33.3 Å². The van der Waals surface area contributed by atoms with E-state index >= 15 is 0 Å². The number of allylic oxidation sites excluding steroid dienone is 6. The summed E-state index contributed by atoms with van der Waals surface area (Å²) in [5.74, 6) is -1.37. The van der Waals surface area contributed by atoms with E-state index in [4.69, 9.17) is 24.5 Å². The maximum Gasteiger partial charge on any atom is 0.360 e. The molecule has 3 amide bonds. The average Bonchev–Trinajstić information content (AvgIpc) is 3.66. The summed E-state index contributed by atoms with van der Waals surface area (Å²) < 4.78 is 30.2. The van der Waals surface area contributed by atoms with Crippen LogP contribution in [0, 0.1) is 10.8 Å². The third kappa shape index (κ3) is 12.9. The van der Waals surface area contributed by atoms with Gasteiger partial charge in [0.2, 0.25) is 0 Å². The average molecular weight is 914 g/mol. The number of nitrogens with zero attached hydrogens (tertiary/aromatic N) is 7. The molecule has 0 aromatic carbocycles. The molecule has 2 N–H and O–H groups in total. The summed E-state index contributed by atoms with van der Waals surface area (Å²) in [6.07, 6.45) is 17.6. The Morgan fingerprint density at radius 1 is 0.905 bits per heavy atom. The van der Waals surface area contributed by atoms with E-state index in [9.17, 15) is 42.1 Å². The molecule has 0 radical (unpaired) electrons.